The standard InChI is InChI=1S/C10H14N2O7/c13-2-4-5(14)6(15)7(16)8(19-4)3-1-11-10(18)12-9(3)17/h1,4-8,13-16H,2H2,(H2,11,12,17,18)/t4-,5-,6+,7+,8?/m1/s1. The van der Waals surface area contributed by atoms with Gasteiger partial charge in [-0.25, -0.2) is 4.79 Å². The number of rotatable bonds is 2. The first-order valence-corrected chi connectivity index (χ1v) is 5.58. The zero-order valence-electron chi connectivity index (χ0n) is 9.68. The van der Waals surface area contributed by atoms with E-state index in [2.05, 4.69) is 4.98 Å². The van der Waals surface area contributed by atoms with Gasteiger partial charge in [0.15, 0.2) is 0 Å². The van der Waals surface area contributed by atoms with Crippen molar-refractivity contribution in [2.75, 3.05) is 6.61 Å². The van der Waals surface area contributed by atoms with Gasteiger partial charge in [0.05, 0.1) is 12.2 Å². The first kappa shape index (κ1) is 13.9. The average Bonchev–Trinajstić information content (AvgIpc) is 2.38. The van der Waals surface area contributed by atoms with E-state index >= 15 is 0 Å². The fraction of sp³-hybridized carbons (Fsp3) is 0.600. The largest absolute Gasteiger partial charge is 0.394 e. The van der Waals surface area contributed by atoms with E-state index in [1.807, 2.05) is 4.98 Å². The molecule has 1 aromatic heterocycles. The summed E-state index contributed by atoms with van der Waals surface area (Å²) in [5.41, 5.74) is -1.62. The molecule has 0 saturated carbocycles. The molecule has 1 aromatic rings. The van der Waals surface area contributed by atoms with Crippen LogP contribution in [0.2, 0.25) is 0 Å². The predicted molar refractivity (Wildman–Crippen MR) is 60.4 cm³/mol. The van der Waals surface area contributed by atoms with Crippen molar-refractivity contribution in [3.63, 3.8) is 0 Å². The molecule has 1 saturated heterocycles. The minimum absolute atomic E-state index is 0.114. The van der Waals surface area contributed by atoms with Gasteiger partial charge in [-0.1, -0.05) is 0 Å². The molecule has 0 amide bonds. The van der Waals surface area contributed by atoms with Gasteiger partial charge < -0.3 is 30.1 Å². The van der Waals surface area contributed by atoms with Gasteiger partial charge in [-0.15, -0.1) is 0 Å². The van der Waals surface area contributed by atoms with Crippen molar-refractivity contribution in [2.45, 2.75) is 30.5 Å². The quantitative estimate of drug-likeness (QED) is 0.328. The summed E-state index contributed by atoms with van der Waals surface area (Å²) in [4.78, 5) is 26.7. The Bertz CT molecular complexity index is 551. The number of ether oxygens (including phenoxy) is 1. The van der Waals surface area contributed by atoms with Crippen LogP contribution in [0.5, 0.6) is 0 Å². The Kier molecular flexibility index (Phi) is 3.83. The summed E-state index contributed by atoms with van der Waals surface area (Å²) >= 11 is 0. The maximum absolute atomic E-state index is 11.6. The van der Waals surface area contributed by atoms with Crippen LogP contribution in [0, 0.1) is 0 Å². The van der Waals surface area contributed by atoms with Gasteiger partial charge in [0, 0.05) is 6.20 Å². The zero-order valence-corrected chi connectivity index (χ0v) is 9.68. The van der Waals surface area contributed by atoms with Crippen LogP contribution in [-0.2, 0) is 4.74 Å². The average molecular weight is 274 g/mol. The topological polar surface area (TPSA) is 156 Å². The van der Waals surface area contributed by atoms with E-state index in [4.69, 9.17) is 9.84 Å². The summed E-state index contributed by atoms with van der Waals surface area (Å²) in [7, 11) is 0. The highest BCUT2D eigenvalue weighted by Gasteiger charge is 2.44. The van der Waals surface area contributed by atoms with Gasteiger partial charge in [0.2, 0.25) is 0 Å². The molecular formula is C10H14N2O7. The van der Waals surface area contributed by atoms with Gasteiger partial charge in [0.1, 0.15) is 30.5 Å². The smallest absolute Gasteiger partial charge is 0.325 e. The summed E-state index contributed by atoms with van der Waals surface area (Å²) in [5, 5.41) is 38.0. The molecule has 1 unspecified atom stereocenters. The van der Waals surface area contributed by atoms with Crippen molar-refractivity contribution in [1.29, 1.82) is 0 Å². The van der Waals surface area contributed by atoms with Crippen LogP contribution in [0.3, 0.4) is 0 Å². The van der Waals surface area contributed by atoms with Crippen molar-refractivity contribution in [3.8, 4) is 0 Å². The summed E-state index contributed by atoms with van der Waals surface area (Å²) < 4.78 is 5.19. The molecule has 5 atom stereocenters. The third-order valence-corrected chi connectivity index (χ3v) is 3.05. The van der Waals surface area contributed by atoms with E-state index < -0.39 is 48.4 Å². The number of aliphatic hydroxyl groups is 4. The lowest BCUT2D eigenvalue weighted by Gasteiger charge is -2.39. The molecule has 9 heteroatoms. The SMILES string of the molecule is O=c1[nH]cc(C2O[C@H](CO)[C@@H](O)[C@H](O)[C@@H]2O)c(=O)[nH]1. The zero-order chi connectivity index (χ0) is 14.2. The Balaban J connectivity index is 2.38. The fourth-order valence-electron chi connectivity index (χ4n) is 1.99. The molecular weight excluding hydrogens is 260 g/mol. The fourth-order valence-corrected chi connectivity index (χ4v) is 1.99. The lowest BCUT2D eigenvalue weighted by Crippen LogP contribution is -2.56. The minimum atomic E-state index is -1.58. The van der Waals surface area contributed by atoms with E-state index in [-0.39, 0.29) is 5.56 Å². The second kappa shape index (κ2) is 5.23. The lowest BCUT2D eigenvalue weighted by molar-refractivity contribution is -0.232. The highest BCUT2D eigenvalue weighted by molar-refractivity contribution is 5.13. The van der Waals surface area contributed by atoms with Crippen LogP contribution < -0.4 is 11.2 Å². The summed E-state index contributed by atoms with van der Waals surface area (Å²) in [6, 6.07) is 0. The third kappa shape index (κ3) is 2.46. The van der Waals surface area contributed by atoms with E-state index in [0.29, 0.717) is 0 Å². The molecule has 1 aliphatic rings. The Morgan fingerprint density at radius 3 is 2.42 bits per heavy atom. The molecule has 1 aliphatic heterocycles. The number of hydrogen-bond donors (Lipinski definition) is 6. The molecule has 1 fully saturated rings. The number of aromatic amines is 2. The minimum Gasteiger partial charge on any atom is -0.394 e. The van der Waals surface area contributed by atoms with Crippen molar-refractivity contribution < 1.29 is 25.2 Å². The lowest BCUT2D eigenvalue weighted by atomic mass is 9.92. The van der Waals surface area contributed by atoms with Crippen LogP contribution in [-0.4, -0.2) is 61.4 Å². The van der Waals surface area contributed by atoms with Crippen LogP contribution >= 0.6 is 0 Å². The molecule has 6 N–H and O–H groups in total. The highest BCUT2D eigenvalue weighted by atomic mass is 16.5. The Morgan fingerprint density at radius 2 is 1.84 bits per heavy atom. The van der Waals surface area contributed by atoms with Gasteiger partial charge in [-0.2, -0.15) is 0 Å². The monoisotopic (exact) mass is 274 g/mol. The first-order chi connectivity index (χ1) is 8.95. The highest BCUT2D eigenvalue weighted by Crippen LogP contribution is 2.30. The van der Waals surface area contributed by atoms with Gasteiger partial charge >= 0.3 is 5.69 Å². The number of hydrogen-bond acceptors (Lipinski definition) is 7. The van der Waals surface area contributed by atoms with Crippen LogP contribution in [0.1, 0.15) is 11.7 Å². The van der Waals surface area contributed by atoms with Crippen molar-refractivity contribution in [2.24, 2.45) is 0 Å². The summed E-state index contributed by atoms with van der Waals surface area (Å²) in [6.07, 6.45) is -5.98. The number of aromatic nitrogens is 2. The summed E-state index contributed by atoms with van der Waals surface area (Å²) in [5.74, 6) is 0. The van der Waals surface area contributed by atoms with Crippen molar-refractivity contribution in [3.05, 3.63) is 32.6 Å². The maximum Gasteiger partial charge on any atom is 0.325 e. The van der Waals surface area contributed by atoms with Crippen LogP contribution in [0.25, 0.3) is 0 Å². The van der Waals surface area contributed by atoms with E-state index in [0.717, 1.165) is 6.20 Å². The van der Waals surface area contributed by atoms with Gasteiger partial charge in [-0.05, 0) is 0 Å². The second-order valence-electron chi connectivity index (χ2n) is 4.28. The second-order valence-corrected chi connectivity index (χ2v) is 4.28. The summed E-state index contributed by atoms with van der Waals surface area (Å²) in [6.45, 7) is -0.595. The normalized spacial score (nSPS) is 35.3. The Labute approximate surface area is 106 Å². The molecule has 106 valence electrons. The van der Waals surface area contributed by atoms with Gasteiger partial charge in [0.25, 0.3) is 5.56 Å². The maximum atomic E-state index is 11.6. The molecule has 0 radical (unpaired) electrons. The first-order valence-electron chi connectivity index (χ1n) is 5.58. The number of aliphatic hydroxyl groups excluding tert-OH is 4. The molecule has 19 heavy (non-hydrogen) atoms. The van der Waals surface area contributed by atoms with Crippen LogP contribution in [0.4, 0.5) is 0 Å². The van der Waals surface area contributed by atoms with Crippen molar-refractivity contribution >= 4 is 0 Å². The number of H-pyrrole nitrogens is 2. The molecule has 0 spiro atoms. The molecule has 0 aromatic carbocycles. The molecule has 2 rings (SSSR count). The Hall–Kier alpha value is -1.52. The molecule has 0 bridgehead atoms. The van der Waals surface area contributed by atoms with Crippen molar-refractivity contribution in [1.82, 2.24) is 9.97 Å². The van der Waals surface area contributed by atoms with E-state index in [1.165, 1.54) is 0 Å². The predicted octanol–water partition coefficient (Wildman–Crippen LogP) is -3.42. The Morgan fingerprint density at radius 1 is 1.16 bits per heavy atom. The van der Waals surface area contributed by atoms with Crippen LogP contribution in [0.15, 0.2) is 15.8 Å². The van der Waals surface area contributed by atoms with E-state index in [9.17, 15) is 24.9 Å². The molecule has 9 nitrogen and oxygen atoms in total. The van der Waals surface area contributed by atoms with E-state index in [1.54, 1.807) is 0 Å². The molecule has 2 heterocycles. The van der Waals surface area contributed by atoms with Gasteiger partial charge in [-0.3, -0.25) is 9.78 Å². The molecule has 0 aliphatic carbocycles. The third-order valence-electron chi connectivity index (χ3n) is 3.05. The number of nitrogens with one attached hydrogen (secondary N) is 2.